The van der Waals surface area contributed by atoms with Gasteiger partial charge in [-0.05, 0) is 24.8 Å². The number of halogens is 3. The normalized spacial score (nSPS) is 18.5. The second-order valence-electron chi connectivity index (χ2n) is 7.75. The Bertz CT molecular complexity index is 494. The van der Waals surface area contributed by atoms with Crippen LogP contribution < -0.4 is 5.32 Å². The molecule has 1 saturated heterocycles. The zero-order chi connectivity index (χ0) is 20.6. The summed E-state index contributed by atoms with van der Waals surface area (Å²) in [7, 11) is 3.37. The number of amides is 1. The highest BCUT2D eigenvalue weighted by Crippen LogP contribution is 2.21. The number of guanidine groups is 1. The number of hydrogen-bond donors (Lipinski definition) is 1. The molecule has 158 valence electrons. The van der Waals surface area contributed by atoms with Gasteiger partial charge in [-0.2, -0.15) is 13.2 Å². The first-order valence-corrected chi connectivity index (χ1v) is 9.54. The number of alkyl halides is 3. The van der Waals surface area contributed by atoms with Crippen LogP contribution in [-0.4, -0.2) is 92.7 Å². The summed E-state index contributed by atoms with van der Waals surface area (Å²) >= 11 is 0. The molecule has 1 atom stereocenters. The minimum atomic E-state index is -4.17. The van der Waals surface area contributed by atoms with E-state index in [4.69, 9.17) is 0 Å². The van der Waals surface area contributed by atoms with E-state index in [-0.39, 0.29) is 18.4 Å². The van der Waals surface area contributed by atoms with E-state index < -0.39 is 12.7 Å². The van der Waals surface area contributed by atoms with Crippen molar-refractivity contribution in [3.63, 3.8) is 0 Å². The van der Waals surface area contributed by atoms with Gasteiger partial charge in [0.2, 0.25) is 5.91 Å². The molecular weight excluding hydrogens is 359 g/mol. The molecule has 0 spiro atoms. The Morgan fingerprint density at radius 1 is 1.33 bits per heavy atom. The summed E-state index contributed by atoms with van der Waals surface area (Å²) < 4.78 is 38.0. The third-order valence-electron chi connectivity index (χ3n) is 4.48. The van der Waals surface area contributed by atoms with Crippen molar-refractivity contribution in [3.05, 3.63) is 0 Å². The Hall–Kier alpha value is -1.51. The van der Waals surface area contributed by atoms with Crippen molar-refractivity contribution in [1.29, 1.82) is 0 Å². The van der Waals surface area contributed by atoms with Gasteiger partial charge in [0.05, 0.1) is 6.54 Å². The number of hydrogen-bond acceptors (Lipinski definition) is 3. The van der Waals surface area contributed by atoms with Gasteiger partial charge in [-0.15, -0.1) is 0 Å². The zero-order valence-corrected chi connectivity index (χ0v) is 17.1. The van der Waals surface area contributed by atoms with Crippen LogP contribution in [0.4, 0.5) is 13.2 Å². The Morgan fingerprint density at radius 3 is 2.52 bits per heavy atom. The summed E-state index contributed by atoms with van der Waals surface area (Å²) in [6, 6.07) is 0. The first-order chi connectivity index (χ1) is 12.5. The number of aliphatic imine (C=N–C) groups is 1. The molecule has 0 bridgehead atoms. The van der Waals surface area contributed by atoms with Crippen molar-refractivity contribution >= 4 is 11.9 Å². The van der Waals surface area contributed by atoms with Gasteiger partial charge >= 0.3 is 6.18 Å². The molecule has 0 saturated carbocycles. The van der Waals surface area contributed by atoms with E-state index in [1.807, 2.05) is 0 Å². The fourth-order valence-corrected chi connectivity index (χ4v) is 2.95. The monoisotopic (exact) mass is 393 g/mol. The van der Waals surface area contributed by atoms with Gasteiger partial charge < -0.3 is 15.1 Å². The van der Waals surface area contributed by atoms with Gasteiger partial charge in [-0.25, -0.2) is 4.99 Å². The quantitative estimate of drug-likeness (QED) is 0.505. The second kappa shape index (κ2) is 10.7. The van der Waals surface area contributed by atoms with Crippen LogP contribution in [0.15, 0.2) is 4.99 Å². The van der Waals surface area contributed by atoms with E-state index in [1.54, 1.807) is 21.0 Å². The molecule has 9 heteroatoms. The summed E-state index contributed by atoms with van der Waals surface area (Å²) in [6.45, 7) is 8.00. The molecule has 0 aromatic rings. The van der Waals surface area contributed by atoms with Crippen LogP contribution in [0.2, 0.25) is 0 Å². The predicted octanol–water partition coefficient (Wildman–Crippen LogP) is 1.88. The highest BCUT2D eigenvalue weighted by Gasteiger charge is 2.33. The smallest absolute Gasteiger partial charge is 0.356 e. The summed E-state index contributed by atoms with van der Waals surface area (Å²) in [6.07, 6.45) is -3.36. The molecule has 1 aliphatic heterocycles. The largest absolute Gasteiger partial charge is 0.401 e. The average Bonchev–Trinajstić information content (AvgIpc) is 3.00. The van der Waals surface area contributed by atoms with Crippen molar-refractivity contribution < 1.29 is 18.0 Å². The van der Waals surface area contributed by atoms with Crippen molar-refractivity contribution in [2.75, 3.05) is 59.9 Å². The average molecular weight is 393 g/mol. The van der Waals surface area contributed by atoms with E-state index in [0.717, 1.165) is 19.5 Å². The minimum Gasteiger partial charge on any atom is -0.356 e. The maximum Gasteiger partial charge on any atom is 0.401 e. The van der Waals surface area contributed by atoms with Crippen LogP contribution in [0.1, 0.15) is 27.2 Å². The Balaban J connectivity index is 2.69. The summed E-state index contributed by atoms with van der Waals surface area (Å²) in [5.41, 5.74) is 0. The third-order valence-corrected chi connectivity index (χ3v) is 4.48. The van der Waals surface area contributed by atoms with Crippen LogP contribution in [0.5, 0.6) is 0 Å². The molecule has 0 radical (unpaired) electrons. The first-order valence-electron chi connectivity index (χ1n) is 9.54. The molecule has 1 rings (SSSR count). The van der Waals surface area contributed by atoms with Gasteiger partial charge in [-0.3, -0.25) is 9.69 Å². The van der Waals surface area contributed by atoms with Crippen molar-refractivity contribution in [3.8, 4) is 0 Å². The number of rotatable bonds is 8. The van der Waals surface area contributed by atoms with E-state index >= 15 is 0 Å². The van der Waals surface area contributed by atoms with E-state index in [1.165, 1.54) is 9.80 Å². The Kier molecular flexibility index (Phi) is 9.35. The second-order valence-corrected chi connectivity index (χ2v) is 7.75. The molecule has 0 aromatic heterocycles. The summed E-state index contributed by atoms with van der Waals surface area (Å²) in [4.78, 5) is 21.3. The molecule has 1 N–H and O–H groups in total. The lowest BCUT2D eigenvalue weighted by molar-refractivity contribution is -0.146. The maximum absolute atomic E-state index is 12.7. The third kappa shape index (κ3) is 9.30. The van der Waals surface area contributed by atoms with Crippen LogP contribution in [0.25, 0.3) is 0 Å². The van der Waals surface area contributed by atoms with Crippen LogP contribution in [0, 0.1) is 11.8 Å². The van der Waals surface area contributed by atoms with Gasteiger partial charge in [0.1, 0.15) is 6.54 Å². The standard InChI is InChI=1S/C18H34F3N5O/c1-6-25(13-18(19,20)21)11-15-7-8-26(12-15)17(22-9-14(2)3)23-10-16(27)24(4)5/h14-15H,6-13H2,1-5H3,(H,22,23). The molecule has 0 aliphatic carbocycles. The first kappa shape index (κ1) is 23.5. The molecule has 6 nitrogen and oxygen atoms in total. The number of nitrogens with one attached hydrogen (secondary N) is 1. The molecule has 0 aromatic carbocycles. The maximum atomic E-state index is 12.7. The van der Waals surface area contributed by atoms with Gasteiger partial charge in [0.25, 0.3) is 0 Å². The van der Waals surface area contributed by atoms with Crippen LogP contribution in [0.3, 0.4) is 0 Å². The lowest BCUT2D eigenvalue weighted by Gasteiger charge is -2.26. The summed E-state index contributed by atoms with van der Waals surface area (Å²) in [5.74, 6) is 1.15. The Morgan fingerprint density at radius 2 is 2.00 bits per heavy atom. The number of nitrogens with zero attached hydrogens (tertiary/aromatic N) is 4. The lowest BCUT2D eigenvalue weighted by Crippen LogP contribution is -2.43. The van der Waals surface area contributed by atoms with E-state index in [2.05, 4.69) is 29.1 Å². The molecular formula is C18H34F3N5O. The van der Waals surface area contributed by atoms with Crippen LogP contribution in [-0.2, 0) is 4.79 Å². The highest BCUT2D eigenvalue weighted by molar-refractivity contribution is 5.85. The number of likely N-dealkylation sites (tertiary alicyclic amines) is 1. The highest BCUT2D eigenvalue weighted by atomic mass is 19.4. The fraction of sp³-hybridized carbons (Fsp3) is 0.889. The molecule has 1 aliphatic rings. The Labute approximate surface area is 160 Å². The van der Waals surface area contributed by atoms with Crippen molar-refractivity contribution in [2.24, 2.45) is 16.8 Å². The number of carbonyl (C=O) groups excluding carboxylic acids is 1. The minimum absolute atomic E-state index is 0.0593. The van der Waals surface area contributed by atoms with Gasteiger partial charge in [0, 0.05) is 40.3 Å². The van der Waals surface area contributed by atoms with Crippen molar-refractivity contribution in [2.45, 2.75) is 33.4 Å². The molecule has 1 unspecified atom stereocenters. The van der Waals surface area contributed by atoms with Crippen molar-refractivity contribution in [1.82, 2.24) is 20.0 Å². The number of carbonyl (C=O) groups is 1. The topological polar surface area (TPSA) is 51.2 Å². The molecule has 1 amide bonds. The van der Waals surface area contributed by atoms with Gasteiger partial charge in [-0.1, -0.05) is 20.8 Å². The van der Waals surface area contributed by atoms with Gasteiger partial charge in [0.15, 0.2) is 5.96 Å². The number of likely N-dealkylation sites (N-methyl/N-ethyl adjacent to an activating group) is 1. The van der Waals surface area contributed by atoms with E-state index in [9.17, 15) is 18.0 Å². The SMILES string of the molecule is CCN(CC1CCN(C(=NCC(=O)N(C)C)NCC(C)C)C1)CC(F)(F)F. The zero-order valence-electron chi connectivity index (χ0n) is 17.1. The lowest BCUT2D eigenvalue weighted by atomic mass is 10.1. The molecule has 27 heavy (non-hydrogen) atoms. The predicted molar refractivity (Wildman–Crippen MR) is 102 cm³/mol. The molecule has 1 fully saturated rings. The molecule has 1 heterocycles. The fourth-order valence-electron chi connectivity index (χ4n) is 2.95. The van der Waals surface area contributed by atoms with Crippen LogP contribution >= 0.6 is 0 Å². The summed E-state index contributed by atoms with van der Waals surface area (Å²) in [5, 5.41) is 3.29. The van der Waals surface area contributed by atoms with E-state index in [0.29, 0.717) is 31.5 Å².